The molecular formula is C12H15NO6. The van der Waals surface area contributed by atoms with E-state index in [1.807, 2.05) is 0 Å². The third-order valence-corrected chi connectivity index (χ3v) is 2.34. The molecule has 0 bridgehead atoms. The first kappa shape index (κ1) is 15.0. The first-order valence-electron chi connectivity index (χ1n) is 5.72. The average Bonchev–Trinajstić information content (AvgIpc) is 2.68. The van der Waals surface area contributed by atoms with Crippen LogP contribution in [0, 0.1) is 0 Å². The SMILES string of the molecule is C=C(C)C(=O)OCCOCC(=O)N1C(=O)CCC1=O. The number of nitrogens with zero attached hydrogens (tertiary/aromatic N) is 1. The predicted molar refractivity (Wildman–Crippen MR) is 62.7 cm³/mol. The number of likely N-dealkylation sites (tertiary alicyclic amines) is 1. The van der Waals surface area contributed by atoms with Crippen molar-refractivity contribution in [2.75, 3.05) is 19.8 Å². The van der Waals surface area contributed by atoms with E-state index in [9.17, 15) is 19.2 Å². The molecule has 1 heterocycles. The van der Waals surface area contributed by atoms with Gasteiger partial charge in [-0.3, -0.25) is 14.4 Å². The molecule has 104 valence electrons. The zero-order valence-electron chi connectivity index (χ0n) is 10.6. The number of carbonyl (C=O) groups is 4. The van der Waals surface area contributed by atoms with E-state index in [2.05, 4.69) is 6.58 Å². The van der Waals surface area contributed by atoms with Gasteiger partial charge in [0.2, 0.25) is 11.8 Å². The molecule has 0 atom stereocenters. The van der Waals surface area contributed by atoms with Gasteiger partial charge in [-0.25, -0.2) is 9.69 Å². The first-order chi connectivity index (χ1) is 8.93. The summed E-state index contributed by atoms with van der Waals surface area (Å²) in [7, 11) is 0. The Kier molecular flexibility index (Phi) is 5.37. The van der Waals surface area contributed by atoms with Crippen LogP contribution in [0.25, 0.3) is 0 Å². The van der Waals surface area contributed by atoms with E-state index in [-0.39, 0.29) is 31.6 Å². The molecule has 1 rings (SSSR count). The summed E-state index contributed by atoms with van der Waals surface area (Å²) in [5.41, 5.74) is 0.268. The number of hydrogen-bond donors (Lipinski definition) is 0. The minimum atomic E-state index is -0.696. The predicted octanol–water partition coefficient (Wildman–Crippen LogP) is -0.202. The Labute approximate surface area is 110 Å². The number of ether oxygens (including phenoxy) is 2. The fourth-order valence-electron chi connectivity index (χ4n) is 1.40. The van der Waals surface area contributed by atoms with Crippen LogP contribution in [0.5, 0.6) is 0 Å². The lowest BCUT2D eigenvalue weighted by Crippen LogP contribution is -2.38. The normalized spacial score (nSPS) is 14.7. The Hall–Kier alpha value is -2.02. The van der Waals surface area contributed by atoms with E-state index < -0.39 is 30.3 Å². The van der Waals surface area contributed by atoms with Crippen molar-refractivity contribution in [2.24, 2.45) is 0 Å². The lowest BCUT2D eigenvalue weighted by atomic mass is 10.4. The molecule has 3 amide bonds. The van der Waals surface area contributed by atoms with Crippen LogP contribution in [0.2, 0.25) is 0 Å². The zero-order valence-corrected chi connectivity index (χ0v) is 10.6. The molecule has 19 heavy (non-hydrogen) atoms. The standard InChI is InChI=1S/C12H15NO6/c1-8(2)12(17)19-6-5-18-7-11(16)13-9(14)3-4-10(13)15/h1,3-7H2,2H3. The smallest absolute Gasteiger partial charge is 0.333 e. The Morgan fingerprint density at radius 3 is 2.32 bits per heavy atom. The molecule has 1 aliphatic heterocycles. The van der Waals surface area contributed by atoms with Crippen LogP contribution in [0.4, 0.5) is 0 Å². The quantitative estimate of drug-likeness (QED) is 0.287. The lowest BCUT2D eigenvalue weighted by molar-refractivity contribution is -0.152. The molecule has 0 unspecified atom stereocenters. The van der Waals surface area contributed by atoms with Gasteiger partial charge in [-0.1, -0.05) is 6.58 Å². The summed E-state index contributed by atoms with van der Waals surface area (Å²) in [6.07, 6.45) is 0.113. The molecule has 7 nitrogen and oxygen atoms in total. The molecule has 0 aromatic heterocycles. The molecule has 0 N–H and O–H groups in total. The average molecular weight is 269 g/mol. The molecule has 7 heteroatoms. The van der Waals surface area contributed by atoms with E-state index in [0.29, 0.717) is 4.90 Å². The Bertz CT molecular complexity index is 412. The molecule has 0 saturated carbocycles. The highest BCUT2D eigenvalue weighted by Gasteiger charge is 2.34. The number of rotatable bonds is 6. The fraction of sp³-hybridized carbons (Fsp3) is 0.500. The van der Waals surface area contributed by atoms with Crippen molar-refractivity contribution >= 4 is 23.7 Å². The van der Waals surface area contributed by atoms with Crippen LogP contribution in [0.3, 0.4) is 0 Å². The third kappa shape index (κ3) is 4.29. The molecule has 0 spiro atoms. The monoisotopic (exact) mass is 269 g/mol. The van der Waals surface area contributed by atoms with Crippen LogP contribution in [0.1, 0.15) is 19.8 Å². The van der Waals surface area contributed by atoms with Gasteiger partial charge in [0, 0.05) is 18.4 Å². The zero-order chi connectivity index (χ0) is 14.4. The van der Waals surface area contributed by atoms with Gasteiger partial charge in [-0.15, -0.1) is 0 Å². The highest BCUT2D eigenvalue weighted by atomic mass is 16.6. The number of esters is 1. The molecule has 1 saturated heterocycles. The highest BCUT2D eigenvalue weighted by Crippen LogP contribution is 2.11. The van der Waals surface area contributed by atoms with Crippen molar-refractivity contribution in [1.82, 2.24) is 4.90 Å². The summed E-state index contributed by atoms with van der Waals surface area (Å²) in [6.45, 7) is 4.48. The van der Waals surface area contributed by atoms with E-state index in [1.54, 1.807) is 0 Å². The molecule has 1 aliphatic rings. The van der Waals surface area contributed by atoms with Crippen molar-refractivity contribution in [2.45, 2.75) is 19.8 Å². The summed E-state index contributed by atoms with van der Waals surface area (Å²) in [5, 5.41) is 0. The Morgan fingerprint density at radius 2 is 1.79 bits per heavy atom. The van der Waals surface area contributed by atoms with E-state index in [1.165, 1.54) is 6.92 Å². The van der Waals surface area contributed by atoms with Crippen molar-refractivity contribution in [1.29, 1.82) is 0 Å². The van der Waals surface area contributed by atoms with Gasteiger partial charge >= 0.3 is 5.97 Å². The molecular weight excluding hydrogens is 254 g/mol. The van der Waals surface area contributed by atoms with Crippen LogP contribution in [0.15, 0.2) is 12.2 Å². The van der Waals surface area contributed by atoms with Gasteiger partial charge in [-0.05, 0) is 6.92 Å². The van der Waals surface area contributed by atoms with Crippen LogP contribution < -0.4 is 0 Å². The molecule has 0 aromatic carbocycles. The van der Waals surface area contributed by atoms with Crippen LogP contribution in [-0.2, 0) is 28.7 Å². The second-order valence-corrected chi connectivity index (χ2v) is 3.99. The van der Waals surface area contributed by atoms with Crippen molar-refractivity contribution < 1.29 is 28.7 Å². The number of carbonyl (C=O) groups excluding carboxylic acids is 4. The third-order valence-electron chi connectivity index (χ3n) is 2.34. The second kappa shape index (κ2) is 6.79. The van der Waals surface area contributed by atoms with E-state index >= 15 is 0 Å². The number of hydrogen-bond acceptors (Lipinski definition) is 6. The minimum Gasteiger partial charge on any atom is -0.460 e. The van der Waals surface area contributed by atoms with Gasteiger partial charge in [0.25, 0.3) is 5.91 Å². The topological polar surface area (TPSA) is 90.0 Å². The van der Waals surface area contributed by atoms with Gasteiger partial charge in [-0.2, -0.15) is 0 Å². The summed E-state index contributed by atoms with van der Waals surface area (Å²) in [5.74, 6) is -2.25. The Balaban J connectivity index is 2.21. The number of imide groups is 3. The van der Waals surface area contributed by atoms with E-state index in [0.717, 1.165) is 0 Å². The van der Waals surface area contributed by atoms with E-state index in [4.69, 9.17) is 9.47 Å². The second-order valence-electron chi connectivity index (χ2n) is 3.99. The summed E-state index contributed by atoms with van der Waals surface area (Å²) < 4.78 is 9.66. The molecule has 0 aromatic rings. The maximum atomic E-state index is 11.5. The molecule has 0 aliphatic carbocycles. The van der Waals surface area contributed by atoms with Gasteiger partial charge in [0.1, 0.15) is 13.2 Å². The van der Waals surface area contributed by atoms with Gasteiger partial charge in [0.05, 0.1) is 6.61 Å². The summed E-state index contributed by atoms with van der Waals surface area (Å²) in [4.78, 5) is 45.6. The van der Waals surface area contributed by atoms with Crippen LogP contribution in [-0.4, -0.2) is 48.4 Å². The van der Waals surface area contributed by atoms with Crippen LogP contribution >= 0.6 is 0 Å². The summed E-state index contributed by atoms with van der Waals surface area (Å²) >= 11 is 0. The largest absolute Gasteiger partial charge is 0.460 e. The fourth-order valence-corrected chi connectivity index (χ4v) is 1.40. The highest BCUT2D eigenvalue weighted by molar-refractivity contribution is 6.15. The van der Waals surface area contributed by atoms with Crippen molar-refractivity contribution in [3.63, 3.8) is 0 Å². The maximum Gasteiger partial charge on any atom is 0.333 e. The van der Waals surface area contributed by atoms with Crippen molar-refractivity contribution in [3.05, 3.63) is 12.2 Å². The van der Waals surface area contributed by atoms with Gasteiger partial charge in [0.15, 0.2) is 0 Å². The maximum absolute atomic E-state index is 11.5. The molecule has 0 radical (unpaired) electrons. The Morgan fingerprint density at radius 1 is 1.21 bits per heavy atom. The molecule has 1 fully saturated rings. The lowest BCUT2D eigenvalue weighted by Gasteiger charge is -2.11. The van der Waals surface area contributed by atoms with Gasteiger partial charge < -0.3 is 9.47 Å². The number of amides is 3. The van der Waals surface area contributed by atoms with Crippen molar-refractivity contribution in [3.8, 4) is 0 Å². The summed E-state index contributed by atoms with van der Waals surface area (Å²) in [6, 6.07) is 0. The first-order valence-corrected chi connectivity index (χ1v) is 5.72. The minimum absolute atomic E-state index is 0.000973.